The van der Waals surface area contributed by atoms with Crippen molar-refractivity contribution in [2.45, 2.75) is 46.0 Å². The second-order valence-corrected chi connectivity index (χ2v) is 17.9. The van der Waals surface area contributed by atoms with Crippen LogP contribution in [0.3, 0.4) is 0 Å². The maximum Gasteiger partial charge on any atom is 0.416 e. The molecule has 3 aromatic carbocycles. The van der Waals surface area contributed by atoms with Gasteiger partial charge in [-0.2, -0.15) is 26.3 Å². The van der Waals surface area contributed by atoms with Crippen LogP contribution in [-0.4, -0.2) is 49.2 Å². The summed E-state index contributed by atoms with van der Waals surface area (Å²) in [5.41, 5.74) is 1.05. The molecular weight excluding hydrogens is 1090 g/mol. The van der Waals surface area contributed by atoms with Crippen molar-refractivity contribution < 1.29 is 64.5 Å². The number of halogens is 7. The fraction of sp³-hybridized carbons (Fsp3) is 0.121. The zero-order chi connectivity index (χ0) is 58.4. The lowest BCUT2D eigenvalue weighted by molar-refractivity contribution is -0.138. The number of nitrogens with zero attached hydrogens (tertiary/aromatic N) is 3. The number of ketones is 2. The number of aromatic amines is 1. The van der Waals surface area contributed by atoms with Crippen LogP contribution < -0.4 is 35.7 Å². The summed E-state index contributed by atoms with van der Waals surface area (Å²) in [6, 6.07) is 22.4. The number of aromatic nitrogens is 4. The molecule has 3 amide bonds. The molecule has 0 radical (unpaired) electrons. The minimum Gasteiger partial charge on any atom is -0.455 e. The normalized spacial score (nSPS) is 12.8. The second kappa shape index (κ2) is 26.1. The predicted octanol–water partition coefficient (Wildman–Crippen LogP) is 12.5. The van der Waals surface area contributed by atoms with E-state index < -0.39 is 41.2 Å². The molecule has 81 heavy (non-hydrogen) atoms. The number of pyridine rings is 4. The first-order valence-corrected chi connectivity index (χ1v) is 24.3. The molecule has 7 aromatic rings. The SMILES string of the molecule is Cc1ccc(Oc2cc(C(F)(F)F)ccc2C(=O)NC2=CC(=O)CC=C2)cn1.Cc1ccc(Oc2cc(C(F)(F)F)ccc2C(=O)Nc2ccc(=O)[nH]c2)cn1.Cc1ccc(Oc2cc(Cl)ccc2C(=O)NC2=CC(=O)CC=C2)cn1. The number of alkyl halides is 6. The molecule has 4 N–H and O–H groups in total. The van der Waals surface area contributed by atoms with E-state index in [-0.39, 0.29) is 69.1 Å². The highest BCUT2D eigenvalue weighted by atomic mass is 35.5. The predicted molar refractivity (Wildman–Crippen MR) is 285 cm³/mol. The number of anilines is 1. The highest BCUT2D eigenvalue weighted by Gasteiger charge is 2.33. The number of amides is 3. The lowest BCUT2D eigenvalue weighted by Crippen LogP contribution is -2.24. The molecule has 23 heteroatoms. The van der Waals surface area contributed by atoms with Crippen molar-refractivity contribution in [1.29, 1.82) is 0 Å². The van der Waals surface area contributed by atoms with Gasteiger partial charge in [-0.05, 0) is 124 Å². The van der Waals surface area contributed by atoms with Crippen molar-refractivity contribution in [2.75, 3.05) is 5.32 Å². The molecule has 2 aliphatic rings. The van der Waals surface area contributed by atoms with E-state index in [1.807, 2.05) is 13.0 Å². The van der Waals surface area contributed by atoms with Gasteiger partial charge in [0.2, 0.25) is 5.56 Å². The minimum atomic E-state index is -4.60. The number of ether oxygens (including phenoxy) is 3. The molecule has 4 heterocycles. The van der Waals surface area contributed by atoms with Gasteiger partial charge in [-0.15, -0.1) is 0 Å². The average Bonchev–Trinajstić information content (AvgIpc) is 3.60. The van der Waals surface area contributed by atoms with Crippen molar-refractivity contribution in [3.05, 3.63) is 236 Å². The molecule has 0 saturated heterocycles. The first kappa shape index (κ1) is 58.7. The van der Waals surface area contributed by atoms with Crippen LogP contribution in [-0.2, 0) is 21.9 Å². The van der Waals surface area contributed by atoms with Crippen LogP contribution in [0.4, 0.5) is 32.0 Å². The molecular formula is C58H44ClF6N7O9. The van der Waals surface area contributed by atoms with E-state index >= 15 is 0 Å². The fourth-order valence-electron chi connectivity index (χ4n) is 7.04. The monoisotopic (exact) mass is 1130 g/mol. The zero-order valence-electron chi connectivity index (χ0n) is 42.7. The Hall–Kier alpha value is -9.96. The molecule has 0 saturated carbocycles. The molecule has 0 spiro atoms. The fourth-order valence-corrected chi connectivity index (χ4v) is 7.20. The van der Waals surface area contributed by atoms with Crippen LogP contribution in [0.5, 0.6) is 34.5 Å². The maximum absolute atomic E-state index is 13.1. The molecule has 16 nitrogen and oxygen atoms in total. The summed E-state index contributed by atoms with van der Waals surface area (Å²) < 4.78 is 95.2. The van der Waals surface area contributed by atoms with Crippen molar-refractivity contribution in [3.8, 4) is 34.5 Å². The Balaban J connectivity index is 0.000000176. The van der Waals surface area contributed by atoms with E-state index in [9.17, 15) is 55.1 Å². The van der Waals surface area contributed by atoms with Crippen LogP contribution >= 0.6 is 11.6 Å². The van der Waals surface area contributed by atoms with Crippen molar-refractivity contribution in [1.82, 2.24) is 30.6 Å². The largest absolute Gasteiger partial charge is 0.455 e. The van der Waals surface area contributed by atoms with E-state index in [1.165, 1.54) is 55.0 Å². The number of hydrogen-bond donors (Lipinski definition) is 4. The number of hydrogen-bond acceptors (Lipinski definition) is 12. The van der Waals surface area contributed by atoms with Crippen LogP contribution in [0.1, 0.15) is 72.1 Å². The van der Waals surface area contributed by atoms with Gasteiger partial charge in [0, 0.05) is 76.8 Å². The highest BCUT2D eigenvalue weighted by molar-refractivity contribution is 6.31. The lowest BCUT2D eigenvalue weighted by Gasteiger charge is -2.15. The quantitative estimate of drug-likeness (QED) is 0.0840. The first-order valence-electron chi connectivity index (χ1n) is 23.9. The molecule has 0 bridgehead atoms. The van der Waals surface area contributed by atoms with Crippen LogP contribution in [0.25, 0.3) is 0 Å². The molecule has 0 unspecified atom stereocenters. The van der Waals surface area contributed by atoms with E-state index in [0.29, 0.717) is 45.6 Å². The summed E-state index contributed by atoms with van der Waals surface area (Å²) in [4.78, 5) is 86.2. The lowest BCUT2D eigenvalue weighted by atomic mass is 10.1. The number of benzene rings is 3. The smallest absolute Gasteiger partial charge is 0.416 e. The van der Waals surface area contributed by atoms with Gasteiger partial charge in [0.25, 0.3) is 17.7 Å². The van der Waals surface area contributed by atoms with Crippen LogP contribution in [0.15, 0.2) is 181 Å². The van der Waals surface area contributed by atoms with E-state index in [1.54, 1.807) is 80.7 Å². The Morgan fingerprint density at radius 3 is 1.27 bits per heavy atom. The second-order valence-electron chi connectivity index (χ2n) is 17.4. The van der Waals surface area contributed by atoms with Gasteiger partial charge in [-0.1, -0.05) is 23.8 Å². The number of nitrogens with one attached hydrogen (secondary N) is 4. The van der Waals surface area contributed by atoms with Gasteiger partial charge < -0.3 is 35.1 Å². The zero-order valence-corrected chi connectivity index (χ0v) is 43.4. The topological polar surface area (TPSA) is 221 Å². The maximum atomic E-state index is 13.1. The van der Waals surface area contributed by atoms with Gasteiger partial charge in [0.1, 0.15) is 34.5 Å². The van der Waals surface area contributed by atoms with Crippen molar-refractivity contribution in [2.24, 2.45) is 0 Å². The Morgan fingerprint density at radius 2 is 0.914 bits per heavy atom. The Kier molecular flexibility index (Phi) is 18.9. The third-order valence-electron chi connectivity index (χ3n) is 11.1. The summed E-state index contributed by atoms with van der Waals surface area (Å²) in [5.74, 6) is -1.41. The summed E-state index contributed by atoms with van der Waals surface area (Å²) in [6.07, 6.45) is 6.10. The number of carbonyl (C=O) groups is 5. The molecule has 9 rings (SSSR count). The Labute approximate surface area is 461 Å². The molecule has 0 fully saturated rings. The van der Waals surface area contributed by atoms with E-state index in [0.717, 1.165) is 42.1 Å². The highest BCUT2D eigenvalue weighted by Crippen LogP contribution is 2.37. The van der Waals surface area contributed by atoms with Crippen LogP contribution in [0, 0.1) is 20.8 Å². The molecule has 414 valence electrons. The molecule has 0 aliphatic heterocycles. The molecule has 0 atom stereocenters. The summed E-state index contributed by atoms with van der Waals surface area (Å²) in [6.45, 7) is 5.37. The van der Waals surface area contributed by atoms with Gasteiger partial charge in [-0.3, -0.25) is 43.7 Å². The summed E-state index contributed by atoms with van der Waals surface area (Å²) in [5, 5.41) is 8.13. The standard InChI is InChI=1S/C20H15F3N2O3.C19H15ClN2O3.C19H14F3N3O3/c1-12-5-7-16(11-24-12)28-18-9-13(20(21,22)23)6-8-17(18)19(27)25-14-3-2-4-15(26)10-14;1-12-5-7-16(11-21-12)25-18-9-13(20)6-8-17(18)19(24)22-14-3-2-4-15(23)10-14;1-11-2-5-14(10-23-11)28-16-8-12(19(20,21)22)3-6-15(16)18(27)25-13-4-7-17(26)24-9-13/h2-3,5-11H,4H2,1H3,(H,25,27);2-3,5-11H,4H2,1H3,(H,22,24);2-10H,1H3,(H,24,26)(H,25,27). The molecule has 4 aromatic heterocycles. The number of allylic oxidation sites excluding steroid dienone is 6. The molecule has 2 aliphatic carbocycles. The van der Waals surface area contributed by atoms with Crippen LogP contribution in [0.2, 0.25) is 5.02 Å². The third-order valence-corrected chi connectivity index (χ3v) is 11.3. The van der Waals surface area contributed by atoms with Crippen molar-refractivity contribution >= 4 is 46.6 Å². The summed E-state index contributed by atoms with van der Waals surface area (Å²) >= 11 is 6.03. The Bertz CT molecular complexity index is 3670. The van der Waals surface area contributed by atoms with Gasteiger partial charge >= 0.3 is 12.4 Å². The third kappa shape index (κ3) is 17.3. The number of rotatable bonds is 12. The van der Waals surface area contributed by atoms with Gasteiger partial charge in [-0.25, -0.2) is 0 Å². The summed E-state index contributed by atoms with van der Waals surface area (Å²) in [7, 11) is 0. The van der Waals surface area contributed by atoms with Crippen molar-refractivity contribution in [3.63, 3.8) is 0 Å². The average molecular weight is 1130 g/mol. The van der Waals surface area contributed by atoms with Gasteiger partial charge in [0.05, 0.1) is 52.1 Å². The number of aryl methyl sites for hydroxylation is 3. The van der Waals surface area contributed by atoms with E-state index in [4.69, 9.17) is 25.8 Å². The number of H-pyrrole nitrogens is 1. The number of carbonyl (C=O) groups excluding carboxylic acids is 5. The van der Waals surface area contributed by atoms with E-state index in [2.05, 4.69) is 35.9 Å². The van der Waals surface area contributed by atoms with Gasteiger partial charge in [0.15, 0.2) is 11.6 Å². The minimum absolute atomic E-state index is 0.0592. The first-order chi connectivity index (χ1) is 38.4. The Morgan fingerprint density at radius 1 is 0.519 bits per heavy atom.